The van der Waals surface area contributed by atoms with Gasteiger partial charge in [0.05, 0.1) is 0 Å². The Balaban J connectivity index is 2.74. The van der Waals surface area contributed by atoms with Gasteiger partial charge in [0.1, 0.15) is 0 Å². The lowest BCUT2D eigenvalue weighted by molar-refractivity contribution is 0.663. The van der Waals surface area contributed by atoms with Crippen molar-refractivity contribution in [2.75, 3.05) is 0 Å². The van der Waals surface area contributed by atoms with E-state index in [0.717, 1.165) is 23.2 Å². The molecular weight excluding hydrogens is 156 g/mol. The van der Waals surface area contributed by atoms with Gasteiger partial charge >= 0.3 is 0 Å². The quantitative estimate of drug-likeness (QED) is 0.696. The van der Waals surface area contributed by atoms with E-state index in [1.807, 2.05) is 24.3 Å². The van der Waals surface area contributed by atoms with E-state index >= 15 is 0 Å². The summed E-state index contributed by atoms with van der Waals surface area (Å²) in [4.78, 5) is 0. The lowest BCUT2D eigenvalue weighted by atomic mass is 10.1. The molecule has 0 spiro atoms. The second-order valence-electron chi connectivity index (χ2n) is 2.22. The Bertz CT molecular complexity index is 228. The Morgan fingerprint density at radius 2 is 2.00 bits per heavy atom. The second-order valence-corrected chi connectivity index (χ2v) is 2.77. The lowest BCUT2D eigenvalue weighted by Gasteiger charge is -1.96. The molecule has 1 aromatic rings. The molecule has 11 heavy (non-hydrogen) atoms. The molecule has 0 heterocycles. The molecule has 0 aliphatic rings. The number of hydrogen-bond donors (Lipinski definition) is 1. The maximum absolute atomic E-state index is 8.54. The number of benzene rings is 1. The van der Waals surface area contributed by atoms with Gasteiger partial charge in [0, 0.05) is 5.75 Å². The van der Waals surface area contributed by atoms with Crippen molar-refractivity contribution in [3.63, 3.8) is 0 Å². The molecule has 0 saturated heterocycles. The van der Waals surface area contributed by atoms with Gasteiger partial charge in [-0.2, -0.15) is 0 Å². The minimum absolute atomic E-state index is 0.650. The third-order valence-corrected chi connectivity index (χ3v) is 1.91. The van der Waals surface area contributed by atoms with E-state index in [0.29, 0.717) is 5.75 Å². The highest BCUT2D eigenvalue weighted by molar-refractivity contribution is 7.92. The molecule has 0 saturated carbocycles. The molecule has 2 heteroatoms. The maximum atomic E-state index is 8.54. The molecule has 0 unspecified atom stereocenters. The summed E-state index contributed by atoms with van der Waals surface area (Å²) in [6.07, 6.45) is 1.80. The first-order valence-corrected chi connectivity index (χ1v) is 4.29. The minimum Gasteiger partial charge on any atom is -0.330 e. The Morgan fingerprint density at radius 3 is 2.45 bits per heavy atom. The summed E-state index contributed by atoms with van der Waals surface area (Å²) < 4.78 is 8.54. The zero-order chi connectivity index (χ0) is 8.10. The summed E-state index contributed by atoms with van der Waals surface area (Å²) in [5.74, 6) is 0.650. The van der Waals surface area contributed by atoms with Crippen molar-refractivity contribution in [3.05, 3.63) is 42.0 Å². The summed E-state index contributed by atoms with van der Waals surface area (Å²) in [5.41, 5.74) is 2.24. The predicted molar refractivity (Wildman–Crippen MR) is 50.5 cm³/mol. The minimum atomic E-state index is 0.650. The van der Waals surface area contributed by atoms with Crippen LogP contribution in [0.2, 0.25) is 0 Å². The van der Waals surface area contributed by atoms with E-state index in [9.17, 15) is 0 Å². The van der Waals surface area contributed by atoms with Crippen LogP contribution in [0.5, 0.6) is 0 Å². The Labute approximate surface area is 71.0 Å². The summed E-state index contributed by atoms with van der Waals surface area (Å²) in [6.45, 7) is 3.65. The third-order valence-electron chi connectivity index (χ3n) is 1.45. The molecule has 0 aliphatic heterocycles. The molecule has 1 nitrogen and oxygen atoms in total. The molecule has 1 N–H and O–H groups in total. The summed E-state index contributed by atoms with van der Waals surface area (Å²) >= 11 is 0.842. The Morgan fingerprint density at radius 1 is 1.36 bits per heavy atom. The number of hydrogen-bond acceptors (Lipinski definition) is 2. The highest BCUT2D eigenvalue weighted by atomic mass is 32.2. The normalized spacial score (nSPS) is 9.55. The molecule has 0 amide bonds. The smallest absolute Gasteiger partial charge is 0.0446 e. The fraction of sp³-hybridized carbons (Fsp3) is 0.111. The van der Waals surface area contributed by atoms with Crippen molar-refractivity contribution in [2.45, 2.75) is 5.75 Å². The van der Waals surface area contributed by atoms with Crippen LogP contribution in [0, 0.1) is 0 Å². The summed E-state index contributed by atoms with van der Waals surface area (Å²) in [7, 11) is 0. The van der Waals surface area contributed by atoms with Gasteiger partial charge in [0.25, 0.3) is 0 Å². The maximum Gasteiger partial charge on any atom is 0.0446 e. The van der Waals surface area contributed by atoms with Gasteiger partial charge < -0.3 is 4.55 Å². The van der Waals surface area contributed by atoms with Gasteiger partial charge in [0.2, 0.25) is 0 Å². The van der Waals surface area contributed by atoms with Crippen LogP contribution in [0.3, 0.4) is 0 Å². The van der Waals surface area contributed by atoms with E-state index in [1.165, 1.54) is 0 Å². The van der Waals surface area contributed by atoms with Crippen LogP contribution >= 0.6 is 12.0 Å². The van der Waals surface area contributed by atoms with Crippen molar-refractivity contribution in [2.24, 2.45) is 0 Å². The summed E-state index contributed by atoms with van der Waals surface area (Å²) in [6, 6.07) is 7.94. The average molecular weight is 166 g/mol. The fourth-order valence-electron chi connectivity index (χ4n) is 0.824. The number of rotatable bonds is 3. The SMILES string of the molecule is C=Cc1ccc(CSO)cc1. The van der Waals surface area contributed by atoms with E-state index in [1.54, 1.807) is 6.08 Å². The van der Waals surface area contributed by atoms with Crippen LogP contribution in [-0.4, -0.2) is 4.55 Å². The van der Waals surface area contributed by atoms with Crippen LogP contribution in [0.15, 0.2) is 30.8 Å². The topological polar surface area (TPSA) is 20.2 Å². The lowest BCUT2D eigenvalue weighted by Crippen LogP contribution is -1.78. The van der Waals surface area contributed by atoms with Gasteiger partial charge in [-0.25, -0.2) is 0 Å². The monoisotopic (exact) mass is 166 g/mol. The van der Waals surface area contributed by atoms with Crippen LogP contribution in [-0.2, 0) is 5.75 Å². The zero-order valence-electron chi connectivity index (χ0n) is 6.16. The highest BCUT2D eigenvalue weighted by Gasteiger charge is 1.90. The molecule has 58 valence electrons. The second kappa shape index (κ2) is 4.21. The molecular formula is C9H10OS. The molecule has 0 bridgehead atoms. The van der Waals surface area contributed by atoms with E-state index in [2.05, 4.69) is 6.58 Å². The van der Waals surface area contributed by atoms with Gasteiger partial charge in [-0.3, -0.25) is 0 Å². The molecule has 0 fully saturated rings. The highest BCUT2D eigenvalue weighted by Crippen LogP contribution is 2.10. The third kappa shape index (κ3) is 2.41. The van der Waals surface area contributed by atoms with Crippen LogP contribution in [0.1, 0.15) is 11.1 Å². The van der Waals surface area contributed by atoms with E-state index < -0.39 is 0 Å². The van der Waals surface area contributed by atoms with E-state index in [-0.39, 0.29) is 0 Å². The van der Waals surface area contributed by atoms with Gasteiger partial charge in [-0.15, -0.1) is 0 Å². The molecule has 1 aromatic carbocycles. The molecule has 0 atom stereocenters. The van der Waals surface area contributed by atoms with Crippen LogP contribution in [0.4, 0.5) is 0 Å². The van der Waals surface area contributed by atoms with Crippen molar-refractivity contribution >= 4 is 18.1 Å². The first kappa shape index (κ1) is 8.37. The fourth-order valence-corrected chi connectivity index (χ4v) is 1.17. The van der Waals surface area contributed by atoms with E-state index in [4.69, 9.17) is 4.55 Å². The Kier molecular flexibility index (Phi) is 3.20. The molecule has 1 rings (SSSR count). The molecule has 0 radical (unpaired) electrons. The first-order chi connectivity index (χ1) is 5.36. The van der Waals surface area contributed by atoms with Crippen molar-refractivity contribution < 1.29 is 4.55 Å². The molecule has 0 aliphatic carbocycles. The van der Waals surface area contributed by atoms with Crippen LogP contribution in [0.25, 0.3) is 6.08 Å². The van der Waals surface area contributed by atoms with Gasteiger partial charge in [-0.1, -0.05) is 36.9 Å². The standard InChI is InChI=1S/C9H10OS/c1-2-8-3-5-9(6-4-8)7-11-10/h2-6,10H,1,7H2. The van der Waals surface area contributed by atoms with Crippen LogP contribution < -0.4 is 0 Å². The van der Waals surface area contributed by atoms with Gasteiger partial charge in [0.15, 0.2) is 0 Å². The van der Waals surface area contributed by atoms with Crippen molar-refractivity contribution in [1.82, 2.24) is 0 Å². The van der Waals surface area contributed by atoms with Gasteiger partial charge in [-0.05, 0) is 23.2 Å². The summed E-state index contributed by atoms with van der Waals surface area (Å²) in [5, 5.41) is 0. The molecule has 0 aromatic heterocycles. The van der Waals surface area contributed by atoms with Crippen molar-refractivity contribution in [1.29, 1.82) is 0 Å². The largest absolute Gasteiger partial charge is 0.330 e. The van der Waals surface area contributed by atoms with Crippen molar-refractivity contribution in [3.8, 4) is 0 Å². The zero-order valence-corrected chi connectivity index (χ0v) is 6.97. The average Bonchev–Trinajstić information content (AvgIpc) is 2.07. The predicted octanol–water partition coefficient (Wildman–Crippen LogP) is 3.04. The first-order valence-electron chi connectivity index (χ1n) is 3.34. The Hall–Kier alpha value is -0.730.